The summed E-state index contributed by atoms with van der Waals surface area (Å²) in [5, 5.41) is 8.16. The standard InChI is InChI=1S/C14H26N4.ClH/c1-5-13-12(14(6-2)17(4)16-13)10-18-8-7-15-11(3)9-18;/h11,15H,5-10H2,1-4H3;1H. The fraction of sp³-hybridized carbons (Fsp3) is 0.786. The molecule has 0 bridgehead atoms. The zero-order valence-electron chi connectivity index (χ0n) is 12.6. The number of nitrogens with zero attached hydrogens (tertiary/aromatic N) is 3. The number of aryl methyl sites for hydroxylation is 2. The molecule has 1 aliphatic rings. The molecule has 5 heteroatoms. The fourth-order valence-corrected chi connectivity index (χ4v) is 2.95. The van der Waals surface area contributed by atoms with E-state index in [4.69, 9.17) is 0 Å². The topological polar surface area (TPSA) is 33.1 Å². The van der Waals surface area contributed by atoms with E-state index in [-0.39, 0.29) is 12.4 Å². The Balaban J connectivity index is 0.00000180. The zero-order valence-corrected chi connectivity index (χ0v) is 13.4. The van der Waals surface area contributed by atoms with Crippen LogP contribution in [0.25, 0.3) is 0 Å². The molecule has 1 atom stereocenters. The van der Waals surface area contributed by atoms with E-state index in [9.17, 15) is 0 Å². The van der Waals surface area contributed by atoms with Crippen LogP contribution in [-0.2, 0) is 26.4 Å². The molecule has 1 unspecified atom stereocenters. The van der Waals surface area contributed by atoms with Gasteiger partial charge in [-0.2, -0.15) is 5.10 Å². The van der Waals surface area contributed by atoms with Crippen LogP contribution < -0.4 is 5.32 Å². The summed E-state index contributed by atoms with van der Waals surface area (Å²) in [7, 11) is 2.07. The Hall–Kier alpha value is -0.580. The van der Waals surface area contributed by atoms with Gasteiger partial charge >= 0.3 is 0 Å². The number of hydrogen-bond acceptors (Lipinski definition) is 3. The monoisotopic (exact) mass is 286 g/mol. The van der Waals surface area contributed by atoms with Gasteiger partial charge in [-0.05, 0) is 19.8 Å². The van der Waals surface area contributed by atoms with Gasteiger partial charge in [0.15, 0.2) is 0 Å². The van der Waals surface area contributed by atoms with Crippen molar-refractivity contribution >= 4 is 12.4 Å². The van der Waals surface area contributed by atoms with Crippen LogP contribution in [0.1, 0.15) is 37.7 Å². The highest BCUT2D eigenvalue weighted by Crippen LogP contribution is 2.18. The first kappa shape index (κ1) is 16.5. The molecule has 1 fully saturated rings. The van der Waals surface area contributed by atoms with Gasteiger partial charge in [-0.25, -0.2) is 0 Å². The lowest BCUT2D eigenvalue weighted by Gasteiger charge is -2.32. The molecule has 2 heterocycles. The summed E-state index contributed by atoms with van der Waals surface area (Å²) < 4.78 is 2.07. The first-order valence-electron chi connectivity index (χ1n) is 7.15. The molecule has 1 N–H and O–H groups in total. The molecule has 110 valence electrons. The summed E-state index contributed by atoms with van der Waals surface area (Å²) in [5.74, 6) is 0. The van der Waals surface area contributed by atoms with Crippen LogP contribution in [0.5, 0.6) is 0 Å². The van der Waals surface area contributed by atoms with Crippen molar-refractivity contribution in [3.63, 3.8) is 0 Å². The smallest absolute Gasteiger partial charge is 0.0669 e. The zero-order chi connectivity index (χ0) is 13.1. The van der Waals surface area contributed by atoms with Crippen LogP contribution in [-0.4, -0.2) is 40.4 Å². The van der Waals surface area contributed by atoms with Crippen molar-refractivity contribution in [2.45, 2.75) is 46.2 Å². The molecule has 4 nitrogen and oxygen atoms in total. The Bertz CT molecular complexity index is 402. The molecule has 1 aliphatic heterocycles. The average molecular weight is 287 g/mol. The normalized spacial score (nSPS) is 20.3. The number of halogens is 1. The number of rotatable bonds is 4. The highest BCUT2D eigenvalue weighted by molar-refractivity contribution is 5.85. The lowest BCUT2D eigenvalue weighted by molar-refractivity contribution is 0.199. The van der Waals surface area contributed by atoms with Gasteiger partial charge in [-0.15, -0.1) is 12.4 Å². The first-order chi connectivity index (χ1) is 8.65. The molecule has 0 spiro atoms. The SMILES string of the molecule is CCc1nn(C)c(CC)c1CN1CCNC(C)C1.Cl. The maximum absolute atomic E-state index is 4.66. The molecule has 0 amide bonds. The largest absolute Gasteiger partial charge is 0.312 e. The second kappa shape index (κ2) is 7.27. The molecule has 0 aliphatic carbocycles. The third-order valence-corrected chi connectivity index (χ3v) is 3.86. The Morgan fingerprint density at radius 1 is 1.32 bits per heavy atom. The minimum Gasteiger partial charge on any atom is -0.312 e. The predicted molar refractivity (Wildman–Crippen MR) is 82.0 cm³/mol. The summed E-state index contributed by atoms with van der Waals surface area (Å²) in [6.07, 6.45) is 2.10. The van der Waals surface area contributed by atoms with Gasteiger partial charge in [-0.1, -0.05) is 13.8 Å². The second-order valence-corrected chi connectivity index (χ2v) is 5.29. The molecular weight excluding hydrogens is 260 g/mol. The van der Waals surface area contributed by atoms with Crippen molar-refractivity contribution < 1.29 is 0 Å². The van der Waals surface area contributed by atoms with Crippen molar-refractivity contribution in [3.8, 4) is 0 Å². The van der Waals surface area contributed by atoms with Crippen LogP contribution in [0.15, 0.2) is 0 Å². The van der Waals surface area contributed by atoms with E-state index < -0.39 is 0 Å². The molecule has 1 saturated heterocycles. The fourth-order valence-electron chi connectivity index (χ4n) is 2.95. The Morgan fingerprint density at radius 3 is 2.63 bits per heavy atom. The highest BCUT2D eigenvalue weighted by Gasteiger charge is 2.20. The number of piperazine rings is 1. The summed E-state index contributed by atoms with van der Waals surface area (Å²) in [5.41, 5.74) is 4.15. The van der Waals surface area contributed by atoms with E-state index in [0.717, 1.165) is 39.0 Å². The van der Waals surface area contributed by atoms with Crippen LogP contribution in [0.4, 0.5) is 0 Å². The highest BCUT2D eigenvalue weighted by atomic mass is 35.5. The summed E-state index contributed by atoms with van der Waals surface area (Å²) in [6.45, 7) is 11.1. The maximum atomic E-state index is 4.66. The van der Waals surface area contributed by atoms with Crippen molar-refractivity contribution in [1.82, 2.24) is 20.0 Å². The van der Waals surface area contributed by atoms with Gasteiger partial charge in [0, 0.05) is 50.5 Å². The summed E-state index contributed by atoms with van der Waals surface area (Å²) in [4.78, 5) is 2.55. The molecule has 19 heavy (non-hydrogen) atoms. The van der Waals surface area contributed by atoms with Crippen molar-refractivity contribution in [2.75, 3.05) is 19.6 Å². The first-order valence-corrected chi connectivity index (χ1v) is 7.15. The molecular formula is C14H27ClN4. The van der Waals surface area contributed by atoms with E-state index in [2.05, 4.69) is 47.8 Å². The van der Waals surface area contributed by atoms with E-state index in [1.165, 1.54) is 17.0 Å². The molecule has 1 aromatic heterocycles. The quantitative estimate of drug-likeness (QED) is 0.916. The number of hydrogen-bond donors (Lipinski definition) is 1. The third kappa shape index (κ3) is 3.71. The number of aromatic nitrogens is 2. The minimum absolute atomic E-state index is 0. The van der Waals surface area contributed by atoms with E-state index >= 15 is 0 Å². The van der Waals surface area contributed by atoms with Gasteiger partial charge in [0.2, 0.25) is 0 Å². The Labute approximate surface area is 123 Å². The summed E-state index contributed by atoms with van der Waals surface area (Å²) in [6, 6.07) is 0.602. The van der Waals surface area contributed by atoms with Crippen LogP contribution in [0.2, 0.25) is 0 Å². The van der Waals surface area contributed by atoms with Gasteiger partial charge in [0.25, 0.3) is 0 Å². The minimum atomic E-state index is 0. The second-order valence-electron chi connectivity index (χ2n) is 5.29. The van der Waals surface area contributed by atoms with Crippen LogP contribution in [0.3, 0.4) is 0 Å². The van der Waals surface area contributed by atoms with Crippen molar-refractivity contribution in [2.24, 2.45) is 7.05 Å². The van der Waals surface area contributed by atoms with Gasteiger partial charge in [0.1, 0.15) is 0 Å². The molecule has 2 rings (SSSR count). The lowest BCUT2D eigenvalue weighted by Crippen LogP contribution is -2.48. The Morgan fingerprint density at radius 2 is 2.05 bits per heavy atom. The van der Waals surface area contributed by atoms with Crippen LogP contribution >= 0.6 is 12.4 Å². The van der Waals surface area contributed by atoms with Gasteiger partial charge in [-0.3, -0.25) is 9.58 Å². The Kier molecular flexibility index (Phi) is 6.30. The van der Waals surface area contributed by atoms with Crippen LogP contribution in [0, 0.1) is 0 Å². The molecule has 0 radical (unpaired) electrons. The molecule has 0 aromatic carbocycles. The van der Waals surface area contributed by atoms with Crippen molar-refractivity contribution in [1.29, 1.82) is 0 Å². The molecule has 1 aromatic rings. The van der Waals surface area contributed by atoms with E-state index in [1.807, 2.05) is 0 Å². The third-order valence-electron chi connectivity index (χ3n) is 3.86. The van der Waals surface area contributed by atoms with Crippen molar-refractivity contribution in [3.05, 3.63) is 17.0 Å². The van der Waals surface area contributed by atoms with Gasteiger partial charge < -0.3 is 5.32 Å². The number of nitrogens with one attached hydrogen (secondary N) is 1. The van der Waals surface area contributed by atoms with E-state index in [0.29, 0.717) is 6.04 Å². The summed E-state index contributed by atoms with van der Waals surface area (Å²) >= 11 is 0. The predicted octanol–water partition coefficient (Wildman–Crippen LogP) is 1.76. The lowest BCUT2D eigenvalue weighted by atomic mass is 10.1. The van der Waals surface area contributed by atoms with Gasteiger partial charge in [0.05, 0.1) is 5.69 Å². The van der Waals surface area contributed by atoms with E-state index in [1.54, 1.807) is 0 Å². The molecule has 0 saturated carbocycles. The maximum Gasteiger partial charge on any atom is 0.0669 e. The average Bonchev–Trinajstić information content (AvgIpc) is 2.65.